The number of likely N-dealkylation sites (tertiary alicyclic amines) is 1. The lowest BCUT2D eigenvalue weighted by Crippen LogP contribution is -2.28. The molecule has 94 valence electrons. The lowest BCUT2D eigenvalue weighted by molar-refractivity contribution is 0.0785. The minimum Gasteiger partial charge on any atom is -0.360 e. The van der Waals surface area contributed by atoms with E-state index in [4.69, 9.17) is 0 Å². The number of rotatable bonds is 4. The maximum absolute atomic E-state index is 12.1. The van der Waals surface area contributed by atoms with Gasteiger partial charge in [-0.1, -0.05) is 24.7 Å². The zero-order valence-corrected chi connectivity index (χ0v) is 11.1. The number of nitrogens with zero attached hydrogens (tertiary/aromatic N) is 3. The average molecular weight is 254 g/mol. The molecule has 6 heteroatoms. The van der Waals surface area contributed by atoms with E-state index in [0.717, 1.165) is 37.6 Å². The summed E-state index contributed by atoms with van der Waals surface area (Å²) < 4.78 is 0. The highest BCUT2D eigenvalue weighted by atomic mass is 32.1. The molecule has 1 saturated heterocycles. The topological polar surface area (TPSA) is 58.1 Å². The molecule has 5 nitrogen and oxygen atoms in total. The summed E-state index contributed by atoms with van der Waals surface area (Å²) in [6.07, 6.45) is 2.25. The first-order chi connectivity index (χ1) is 8.24. The van der Waals surface area contributed by atoms with Crippen molar-refractivity contribution in [3.63, 3.8) is 0 Å². The number of hydrogen-bond donors (Lipinski definition) is 1. The molecule has 1 N–H and O–H groups in total. The van der Waals surface area contributed by atoms with E-state index in [1.807, 2.05) is 11.8 Å². The van der Waals surface area contributed by atoms with Gasteiger partial charge in [-0.3, -0.25) is 4.79 Å². The van der Waals surface area contributed by atoms with E-state index in [-0.39, 0.29) is 5.91 Å². The molecule has 1 aliphatic heterocycles. The summed E-state index contributed by atoms with van der Waals surface area (Å²) in [5.74, 6) is 0.683. The summed E-state index contributed by atoms with van der Waals surface area (Å²) >= 11 is 1.34. The SMILES string of the molecule is CCNc1nnc(C(=O)N2CCC(CC)C2)s1. The maximum atomic E-state index is 12.1. The molecule has 0 aliphatic carbocycles. The minimum absolute atomic E-state index is 0.0302. The van der Waals surface area contributed by atoms with Gasteiger partial charge in [0.15, 0.2) is 0 Å². The molecule has 1 fully saturated rings. The molecule has 0 aromatic carbocycles. The van der Waals surface area contributed by atoms with Gasteiger partial charge in [0.2, 0.25) is 10.1 Å². The number of amides is 1. The molecular formula is C11H18N4OS. The Kier molecular flexibility index (Phi) is 3.93. The van der Waals surface area contributed by atoms with E-state index in [0.29, 0.717) is 10.9 Å². The van der Waals surface area contributed by atoms with Crippen molar-refractivity contribution in [2.45, 2.75) is 26.7 Å². The second-order valence-corrected chi connectivity index (χ2v) is 5.23. The summed E-state index contributed by atoms with van der Waals surface area (Å²) in [6.45, 7) is 6.69. The van der Waals surface area contributed by atoms with Crippen LogP contribution in [0.5, 0.6) is 0 Å². The van der Waals surface area contributed by atoms with Crippen LogP contribution in [0, 0.1) is 5.92 Å². The summed E-state index contributed by atoms with van der Waals surface area (Å²) in [4.78, 5) is 14.0. The maximum Gasteiger partial charge on any atom is 0.284 e. The molecule has 0 radical (unpaired) electrons. The van der Waals surface area contributed by atoms with Crippen LogP contribution in [0.2, 0.25) is 0 Å². The number of carbonyl (C=O) groups is 1. The van der Waals surface area contributed by atoms with E-state index in [1.165, 1.54) is 11.3 Å². The predicted octanol–water partition coefficient (Wildman–Crippen LogP) is 1.84. The van der Waals surface area contributed by atoms with Crippen molar-refractivity contribution in [2.24, 2.45) is 5.92 Å². The van der Waals surface area contributed by atoms with Crippen LogP contribution in [0.1, 0.15) is 36.5 Å². The van der Waals surface area contributed by atoms with Gasteiger partial charge in [-0.05, 0) is 19.3 Å². The second kappa shape index (κ2) is 5.44. The molecule has 0 saturated carbocycles. The van der Waals surface area contributed by atoms with Gasteiger partial charge in [-0.25, -0.2) is 0 Å². The third kappa shape index (κ3) is 2.74. The lowest BCUT2D eigenvalue weighted by atomic mass is 10.1. The first kappa shape index (κ1) is 12.3. The van der Waals surface area contributed by atoms with Gasteiger partial charge in [-0.15, -0.1) is 10.2 Å². The smallest absolute Gasteiger partial charge is 0.284 e. The lowest BCUT2D eigenvalue weighted by Gasteiger charge is -2.13. The zero-order valence-electron chi connectivity index (χ0n) is 10.3. The summed E-state index contributed by atoms with van der Waals surface area (Å²) in [5, 5.41) is 12.2. The van der Waals surface area contributed by atoms with Gasteiger partial charge in [-0.2, -0.15) is 0 Å². The fourth-order valence-corrected chi connectivity index (χ4v) is 2.80. The molecule has 17 heavy (non-hydrogen) atoms. The van der Waals surface area contributed by atoms with Crippen molar-refractivity contribution < 1.29 is 4.79 Å². The Hall–Kier alpha value is -1.17. The monoisotopic (exact) mass is 254 g/mol. The van der Waals surface area contributed by atoms with Crippen LogP contribution in [0.3, 0.4) is 0 Å². The van der Waals surface area contributed by atoms with E-state index in [2.05, 4.69) is 22.4 Å². The first-order valence-corrected chi connectivity index (χ1v) is 6.92. The molecule has 2 rings (SSSR count). The average Bonchev–Trinajstić information content (AvgIpc) is 2.97. The van der Waals surface area contributed by atoms with Crippen LogP contribution < -0.4 is 5.32 Å². The Morgan fingerprint density at radius 3 is 3.00 bits per heavy atom. The quantitative estimate of drug-likeness (QED) is 0.890. The van der Waals surface area contributed by atoms with Crippen LogP contribution >= 0.6 is 11.3 Å². The summed E-state index contributed by atoms with van der Waals surface area (Å²) in [5.41, 5.74) is 0. The number of anilines is 1. The van der Waals surface area contributed by atoms with Crippen LogP contribution in [0.25, 0.3) is 0 Å². The molecule has 0 bridgehead atoms. The van der Waals surface area contributed by atoms with Crippen molar-refractivity contribution in [2.75, 3.05) is 25.0 Å². The van der Waals surface area contributed by atoms with Gasteiger partial charge in [0.1, 0.15) is 0 Å². The molecule has 1 aliphatic rings. The number of carbonyl (C=O) groups excluding carboxylic acids is 1. The standard InChI is InChI=1S/C11H18N4OS/c1-3-8-5-6-15(7-8)10(16)9-13-14-11(17-9)12-4-2/h8H,3-7H2,1-2H3,(H,12,14). The van der Waals surface area contributed by atoms with Gasteiger partial charge < -0.3 is 10.2 Å². The summed E-state index contributed by atoms with van der Waals surface area (Å²) in [6, 6.07) is 0. The number of nitrogens with one attached hydrogen (secondary N) is 1. The van der Waals surface area contributed by atoms with Crippen molar-refractivity contribution in [3.8, 4) is 0 Å². The second-order valence-electron chi connectivity index (χ2n) is 4.26. The van der Waals surface area contributed by atoms with Crippen molar-refractivity contribution in [1.82, 2.24) is 15.1 Å². The third-order valence-corrected chi connectivity index (χ3v) is 3.96. The van der Waals surface area contributed by atoms with Crippen molar-refractivity contribution in [3.05, 3.63) is 5.01 Å². The Labute approximate surface area is 105 Å². The highest BCUT2D eigenvalue weighted by Gasteiger charge is 2.27. The molecule has 1 aromatic rings. The molecule has 1 amide bonds. The Morgan fingerprint density at radius 2 is 2.35 bits per heavy atom. The largest absolute Gasteiger partial charge is 0.360 e. The van der Waals surface area contributed by atoms with Gasteiger partial charge in [0.25, 0.3) is 5.91 Å². The van der Waals surface area contributed by atoms with Gasteiger partial charge in [0.05, 0.1) is 0 Å². The fraction of sp³-hybridized carbons (Fsp3) is 0.727. The van der Waals surface area contributed by atoms with E-state index in [9.17, 15) is 4.79 Å². The third-order valence-electron chi connectivity index (χ3n) is 3.09. The Balaban J connectivity index is 1.99. The molecule has 1 unspecified atom stereocenters. The molecule has 1 atom stereocenters. The van der Waals surface area contributed by atoms with Crippen molar-refractivity contribution in [1.29, 1.82) is 0 Å². The Bertz CT molecular complexity index is 393. The molecule has 2 heterocycles. The van der Waals surface area contributed by atoms with Crippen LogP contribution in [0.15, 0.2) is 0 Å². The van der Waals surface area contributed by atoms with E-state index < -0.39 is 0 Å². The molecule has 0 spiro atoms. The van der Waals surface area contributed by atoms with Crippen LogP contribution in [-0.4, -0.2) is 40.6 Å². The first-order valence-electron chi connectivity index (χ1n) is 6.11. The molecular weight excluding hydrogens is 236 g/mol. The number of hydrogen-bond acceptors (Lipinski definition) is 5. The summed E-state index contributed by atoms with van der Waals surface area (Å²) in [7, 11) is 0. The van der Waals surface area contributed by atoms with Crippen molar-refractivity contribution >= 4 is 22.4 Å². The van der Waals surface area contributed by atoms with E-state index in [1.54, 1.807) is 0 Å². The normalized spacial score (nSPS) is 19.6. The molecule has 1 aromatic heterocycles. The zero-order chi connectivity index (χ0) is 12.3. The van der Waals surface area contributed by atoms with Crippen LogP contribution in [-0.2, 0) is 0 Å². The highest BCUT2D eigenvalue weighted by Crippen LogP contribution is 2.23. The Morgan fingerprint density at radius 1 is 1.53 bits per heavy atom. The minimum atomic E-state index is 0.0302. The predicted molar refractivity (Wildman–Crippen MR) is 68.4 cm³/mol. The highest BCUT2D eigenvalue weighted by molar-refractivity contribution is 7.17. The number of aromatic nitrogens is 2. The van der Waals surface area contributed by atoms with E-state index >= 15 is 0 Å². The van der Waals surface area contributed by atoms with Crippen LogP contribution in [0.4, 0.5) is 5.13 Å². The fourth-order valence-electron chi connectivity index (χ4n) is 2.02. The van der Waals surface area contributed by atoms with Gasteiger partial charge in [0, 0.05) is 19.6 Å². The van der Waals surface area contributed by atoms with Gasteiger partial charge >= 0.3 is 0 Å².